The summed E-state index contributed by atoms with van der Waals surface area (Å²) in [4.78, 5) is 17.6. The molecule has 1 aromatic carbocycles. The molecular formula is C19H18N6OS2. The van der Waals surface area contributed by atoms with E-state index >= 15 is 0 Å². The van der Waals surface area contributed by atoms with Gasteiger partial charge in [0.2, 0.25) is 5.91 Å². The van der Waals surface area contributed by atoms with Crippen molar-refractivity contribution < 1.29 is 4.79 Å². The van der Waals surface area contributed by atoms with Crippen LogP contribution >= 0.6 is 23.6 Å². The monoisotopic (exact) mass is 410 g/mol. The lowest BCUT2D eigenvalue weighted by Gasteiger charge is -2.12. The molecule has 3 heterocycles. The molecule has 0 fully saturated rings. The van der Waals surface area contributed by atoms with E-state index in [1.54, 1.807) is 28.4 Å². The summed E-state index contributed by atoms with van der Waals surface area (Å²) >= 11 is 6.84. The van der Waals surface area contributed by atoms with Crippen molar-refractivity contribution in [2.24, 2.45) is 0 Å². The Balaban J connectivity index is 1.44. The maximum atomic E-state index is 12.6. The van der Waals surface area contributed by atoms with Crippen molar-refractivity contribution in [1.82, 2.24) is 29.6 Å². The van der Waals surface area contributed by atoms with Crippen LogP contribution in [0.2, 0.25) is 0 Å². The minimum Gasteiger partial charge on any atom is -0.350 e. The van der Waals surface area contributed by atoms with Gasteiger partial charge in [-0.1, -0.05) is 30.3 Å². The first-order chi connectivity index (χ1) is 13.7. The number of amides is 1. The van der Waals surface area contributed by atoms with Crippen LogP contribution in [0.1, 0.15) is 11.1 Å². The second kappa shape index (κ2) is 8.32. The average molecular weight is 411 g/mol. The number of thiophene rings is 1. The van der Waals surface area contributed by atoms with Crippen molar-refractivity contribution in [3.05, 3.63) is 76.4 Å². The van der Waals surface area contributed by atoms with Gasteiger partial charge in [0.1, 0.15) is 6.54 Å². The number of H-pyrrole nitrogens is 1. The number of aromatic nitrogens is 5. The third-order valence-electron chi connectivity index (χ3n) is 4.31. The Morgan fingerprint density at radius 1 is 1.21 bits per heavy atom. The Hall–Kier alpha value is -3.04. The van der Waals surface area contributed by atoms with Crippen molar-refractivity contribution in [3.8, 4) is 10.7 Å². The van der Waals surface area contributed by atoms with Crippen LogP contribution in [0.5, 0.6) is 0 Å². The highest BCUT2D eigenvalue weighted by atomic mass is 32.1. The molecule has 9 heteroatoms. The van der Waals surface area contributed by atoms with Gasteiger partial charge in [-0.05, 0) is 34.8 Å². The van der Waals surface area contributed by atoms with Gasteiger partial charge in [0.15, 0.2) is 10.6 Å². The van der Waals surface area contributed by atoms with Gasteiger partial charge in [-0.25, -0.2) is 4.98 Å². The number of hydrogen-bond donors (Lipinski definition) is 2. The molecule has 1 amide bonds. The van der Waals surface area contributed by atoms with E-state index in [4.69, 9.17) is 12.2 Å². The number of carbonyl (C=O) groups excluding carboxylic acids is 1. The molecule has 28 heavy (non-hydrogen) atoms. The van der Waals surface area contributed by atoms with Crippen LogP contribution in [0.15, 0.2) is 60.5 Å². The molecule has 4 rings (SSSR count). The van der Waals surface area contributed by atoms with Gasteiger partial charge in [-0.2, -0.15) is 5.10 Å². The standard InChI is InChI=1S/C19H18N6OS2/c26-17(12-25-18(22-23-19(25)27)16-6-3-9-28-16)21-10-14-4-1-2-5-15(14)11-24-8-7-20-13-24/h1-9,13H,10-12H2,(H,21,26)(H,23,27). The van der Waals surface area contributed by atoms with Crippen LogP contribution in [-0.4, -0.2) is 30.2 Å². The van der Waals surface area contributed by atoms with E-state index in [1.807, 2.05) is 46.5 Å². The van der Waals surface area contributed by atoms with Gasteiger partial charge in [0, 0.05) is 25.5 Å². The fourth-order valence-corrected chi connectivity index (χ4v) is 3.83. The van der Waals surface area contributed by atoms with E-state index in [0.29, 0.717) is 23.7 Å². The lowest BCUT2D eigenvalue weighted by atomic mass is 10.1. The van der Waals surface area contributed by atoms with Gasteiger partial charge >= 0.3 is 0 Å². The van der Waals surface area contributed by atoms with Gasteiger partial charge < -0.3 is 9.88 Å². The first-order valence-corrected chi connectivity index (χ1v) is 9.98. The van der Waals surface area contributed by atoms with E-state index in [9.17, 15) is 4.79 Å². The summed E-state index contributed by atoms with van der Waals surface area (Å²) in [7, 11) is 0. The maximum absolute atomic E-state index is 12.6. The van der Waals surface area contributed by atoms with E-state index in [-0.39, 0.29) is 12.5 Å². The van der Waals surface area contributed by atoms with Gasteiger partial charge in [0.05, 0.1) is 11.2 Å². The Morgan fingerprint density at radius 3 is 2.82 bits per heavy atom. The summed E-state index contributed by atoms with van der Waals surface area (Å²) in [5.41, 5.74) is 2.21. The molecule has 0 aliphatic rings. The van der Waals surface area contributed by atoms with Crippen molar-refractivity contribution >= 4 is 29.5 Å². The molecule has 0 aliphatic heterocycles. The fraction of sp³-hybridized carbons (Fsp3) is 0.158. The Kier molecular flexibility index (Phi) is 5.45. The highest BCUT2D eigenvalue weighted by Gasteiger charge is 2.13. The molecule has 0 saturated heterocycles. The van der Waals surface area contributed by atoms with Crippen molar-refractivity contribution in [2.75, 3.05) is 0 Å². The molecule has 0 saturated carbocycles. The zero-order chi connectivity index (χ0) is 19.3. The third-order valence-corrected chi connectivity index (χ3v) is 5.49. The highest BCUT2D eigenvalue weighted by molar-refractivity contribution is 7.71. The quantitative estimate of drug-likeness (QED) is 0.459. The molecule has 0 spiro atoms. The molecule has 0 atom stereocenters. The molecule has 4 aromatic rings. The van der Waals surface area contributed by atoms with Gasteiger partial charge in [-0.3, -0.25) is 14.5 Å². The number of rotatable bonds is 7. The molecular weight excluding hydrogens is 392 g/mol. The predicted molar refractivity (Wildman–Crippen MR) is 110 cm³/mol. The van der Waals surface area contributed by atoms with Gasteiger partial charge in [-0.15, -0.1) is 11.3 Å². The number of benzene rings is 1. The summed E-state index contributed by atoms with van der Waals surface area (Å²) in [5, 5.41) is 12.0. The second-order valence-corrected chi connectivity index (χ2v) is 7.53. The Bertz CT molecular complexity index is 1110. The lowest BCUT2D eigenvalue weighted by Crippen LogP contribution is -2.28. The molecule has 0 aliphatic carbocycles. The van der Waals surface area contributed by atoms with E-state index in [0.717, 1.165) is 16.0 Å². The topological polar surface area (TPSA) is 80.5 Å². The third kappa shape index (κ3) is 4.10. The SMILES string of the molecule is O=C(Cn1c(-c2cccs2)n[nH]c1=S)NCc1ccccc1Cn1ccnc1. The molecule has 0 unspecified atom stereocenters. The minimum absolute atomic E-state index is 0.117. The molecule has 3 aromatic heterocycles. The van der Waals surface area contributed by atoms with Crippen LogP contribution < -0.4 is 5.32 Å². The first kappa shape index (κ1) is 18.3. The first-order valence-electron chi connectivity index (χ1n) is 8.69. The van der Waals surface area contributed by atoms with Gasteiger partial charge in [0.25, 0.3) is 0 Å². The number of nitrogens with one attached hydrogen (secondary N) is 2. The van der Waals surface area contributed by atoms with E-state index in [2.05, 4.69) is 26.6 Å². The molecule has 142 valence electrons. The number of imidazole rings is 1. The van der Waals surface area contributed by atoms with Crippen molar-refractivity contribution in [3.63, 3.8) is 0 Å². The predicted octanol–water partition coefficient (Wildman–Crippen LogP) is 3.23. The summed E-state index contributed by atoms with van der Waals surface area (Å²) in [6.45, 7) is 1.27. The zero-order valence-electron chi connectivity index (χ0n) is 14.9. The summed E-state index contributed by atoms with van der Waals surface area (Å²) in [6.07, 6.45) is 5.45. The van der Waals surface area contributed by atoms with E-state index < -0.39 is 0 Å². The number of hydrogen-bond acceptors (Lipinski definition) is 5. The van der Waals surface area contributed by atoms with Crippen LogP contribution in [0.4, 0.5) is 0 Å². The molecule has 7 nitrogen and oxygen atoms in total. The van der Waals surface area contributed by atoms with Crippen molar-refractivity contribution in [1.29, 1.82) is 0 Å². The lowest BCUT2D eigenvalue weighted by molar-refractivity contribution is -0.121. The Morgan fingerprint density at radius 2 is 2.07 bits per heavy atom. The number of carbonyl (C=O) groups is 1. The molecule has 0 radical (unpaired) electrons. The summed E-state index contributed by atoms with van der Waals surface area (Å²) in [5.74, 6) is 0.559. The maximum Gasteiger partial charge on any atom is 0.240 e. The minimum atomic E-state index is -0.118. The summed E-state index contributed by atoms with van der Waals surface area (Å²) < 4.78 is 4.14. The highest BCUT2D eigenvalue weighted by Crippen LogP contribution is 2.22. The summed E-state index contributed by atoms with van der Waals surface area (Å²) in [6, 6.07) is 11.9. The number of nitrogens with zero attached hydrogens (tertiary/aromatic N) is 4. The molecule has 2 N–H and O–H groups in total. The average Bonchev–Trinajstić information content (AvgIpc) is 3.45. The normalized spacial score (nSPS) is 10.9. The molecule has 0 bridgehead atoms. The van der Waals surface area contributed by atoms with E-state index in [1.165, 1.54) is 0 Å². The van der Waals surface area contributed by atoms with Crippen LogP contribution in [-0.2, 0) is 24.4 Å². The largest absolute Gasteiger partial charge is 0.350 e. The van der Waals surface area contributed by atoms with Crippen LogP contribution in [0.3, 0.4) is 0 Å². The zero-order valence-corrected chi connectivity index (χ0v) is 16.5. The fourth-order valence-electron chi connectivity index (χ4n) is 2.91. The Labute approximate surface area is 170 Å². The van der Waals surface area contributed by atoms with Crippen LogP contribution in [0.25, 0.3) is 10.7 Å². The second-order valence-electron chi connectivity index (χ2n) is 6.20. The van der Waals surface area contributed by atoms with Crippen LogP contribution in [0, 0.1) is 4.77 Å². The van der Waals surface area contributed by atoms with Crippen molar-refractivity contribution in [2.45, 2.75) is 19.6 Å². The smallest absolute Gasteiger partial charge is 0.240 e. The number of aromatic amines is 1.